The van der Waals surface area contributed by atoms with E-state index in [9.17, 15) is 17.6 Å². The van der Waals surface area contributed by atoms with E-state index in [0.717, 1.165) is 0 Å². The van der Waals surface area contributed by atoms with Crippen molar-refractivity contribution in [3.05, 3.63) is 63.9 Å². The molecule has 0 bridgehead atoms. The number of rotatable bonds is 5. The number of carbonyl (C=O) groups is 1. The molecule has 0 unspecified atom stereocenters. The summed E-state index contributed by atoms with van der Waals surface area (Å²) in [6, 6.07) is 10.7. The Bertz CT molecular complexity index is 977. The highest BCUT2D eigenvalue weighted by Gasteiger charge is 2.31. The van der Waals surface area contributed by atoms with Crippen molar-refractivity contribution in [2.24, 2.45) is 5.92 Å². The molecule has 0 radical (unpaired) electrons. The molecule has 1 aliphatic heterocycles. The zero-order valence-corrected chi connectivity index (χ0v) is 17.2. The fourth-order valence-electron chi connectivity index (χ4n) is 3.12. The molecule has 1 heterocycles. The molecule has 1 saturated heterocycles. The molecule has 0 saturated carbocycles. The third-order valence-corrected chi connectivity index (χ3v) is 7.27. The molecule has 0 spiro atoms. The van der Waals surface area contributed by atoms with Gasteiger partial charge in [0.2, 0.25) is 15.9 Å². The smallest absolute Gasteiger partial charge is 0.227 e. The molecule has 2 aromatic carbocycles. The first-order chi connectivity index (χ1) is 13.3. The summed E-state index contributed by atoms with van der Waals surface area (Å²) in [6.07, 6.45) is 0.752. The van der Waals surface area contributed by atoms with Crippen molar-refractivity contribution in [2.45, 2.75) is 18.6 Å². The second kappa shape index (κ2) is 8.78. The maximum Gasteiger partial charge on any atom is 0.227 e. The molecular weight excluding hydrogens is 426 g/mol. The van der Waals surface area contributed by atoms with Crippen molar-refractivity contribution in [3.8, 4) is 0 Å². The summed E-state index contributed by atoms with van der Waals surface area (Å²) in [5, 5.41) is 3.24. The predicted molar refractivity (Wildman–Crippen MR) is 108 cm³/mol. The molecule has 0 aromatic heterocycles. The number of benzene rings is 2. The van der Waals surface area contributed by atoms with E-state index in [2.05, 4.69) is 5.32 Å². The zero-order valence-electron chi connectivity index (χ0n) is 14.9. The van der Waals surface area contributed by atoms with Crippen LogP contribution >= 0.6 is 23.2 Å². The van der Waals surface area contributed by atoms with Gasteiger partial charge in [-0.3, -0.25) is 4.79 Å². The normalized spacial score (nSPS) is 16.1. The molecule has 0 aliphatic carbocycles. The Balaban J connectivity index is 1.58. The minimum Gasteiger partial charge on any atom is -0.323 e. The summed E-state index contributed by atoms with van der Waals surface area (Å²) in [6.45, 7) is 0.470. The quantitative estimate of drug-likeness (QED) is 0.746. The highest BCUT2D eigenvalue weighted by Crippen LogP contribution is 2.26. The van der Waals surface area contributed by atoms with E-state index in [1.54, 1.807) is 24.3 Å². The number of para-hydroxylation sites is 1. The second-order valence-corrected chi connectivity index (χ2v) is 9.43. The van der Waals surface area contributed by atoms with Crippen molar-refractivity contribution >= 4 is 44.8 Å². The molecule has 1 fully saturated rings. The molecule has 150 valence electrons. The summed E-state index contributed by atoms with van der Waals surface area (Å²) in [5.74, 6) is -1.35. The van der Waals surface area contributed by atoms with Gasteiger partial charge < -0.3 is 5.32 Å². The molecule has 1 amide bonds. The van der Waals surface area contributed by atoms with Gasteiger partial charge in [0.05, 0.1) is 21.5 Å². The Hall–Kier alpha value is -1.67. The van der Waals surface area contributed by atoms with Crippen molar-refractivity contribution < 1.29 is 17.6 Å². The molecule has 1 aliphatic rings. The van der Waals surface area contributed by atoms with E-state index >= 15 is 0 Å². The van der Waals surface area contributed by atoms with Crippen LogP contribution in [0, 0.1) is 11.7 Å². The van der Waals surface area contributed by atoms with Crippen LogP contribution in [0.15, 0.2) is 42.5 Å². The number of amides is 1. The van der Waals surface area contributed by atoms with Crippen molar-refractivity contribution in [3.63, 3.8) is 0 Å². The van der Waals surface area contributed by atoms with Gasteiger partial charge in [-0.25, -0.2) is 17.1 Å². The molecule has 9 heteroatoms. The number of nitrogens with zero attached hydrogens (tertiary/aromatic N) is 1. The van der Waals surface area contributed by atoms with Gasteiger partial charge in [0.1, 0.15) is 5.82 Å². The van der Waals surface area contributed by atoms with E-state index < -0.39 is 15.8 Å². The van der Waals surface area contributed by atoms with Crippen LogP contribution in [0.1, 0.15) is 18.4 Å². The number of nitrogens with one attached hydrogen (secondary N) is 1. The van der Waals surface area contributed by atoms with Crippen LogP contribution in [-0.2, 0) is 20.6 Å². The summed E-state index contributed by atoms with van der Waals surface area (Å²) < 4.78 is 40.4. The van der Waals surface area contributed by atoms with Gasteiger partial charge in [0, 0.05) is 19.0 Å². The van der Waals surface area contributed by atoms with Gasteiger partial charge in [-0.2, -0.15) is 0 Å². The average molecular weight is 445 g/mol. The van der Waals surface area contributed by atoms with Gasteiger partial charge in [-0.05, 0) is 42.7 Å². The maximum absolute atomic E-state index is 13.7. The van der Waals surface area contributed by atoms with Crippen LogP contribution in [0.3, 0.4) is 0 Å². The Morgan fingerprint density at radius 2 is 1.79 bits per heavy atom. The van der Waals surface area contributed by atoms with E-state index in [-0.39, 0.29) is 36.4 Å². The number of hydrogen-bond acceptors (Lipinski definition) is 3. The number of carbonyl (C=O) groups excluding carboxylic acids is 1. The fraction of sp³-hybridized carbons (Fsp3) is 0.316. The first-order valence-corrected chi connectivity index (χ1v) is 11.1. The lowest BCUT2D eigenvalue weighted by Crippen LogP contribution is -2.41. The minimum absolute atomic E-state index is 0.127. The largest absolute Gasteiger partial charge is 0.323 e. The zero-order chi connectivity index (χ0) is 20.3. The number of anilines is 1. The van der Waals surface area contributed by atoms with Crippen LogP contribution in [0.2, 0.25) is 10.0 Å². The summed E-state index contributed by atoms with van der Waals surface area (Å²) in [7, 11) is -3.54. The van der Waals surface area contributed by atoms with Gasteiger partial charge in [-0.15, -0.1) is 0 Å². The highest BCUT2D eigenvalue weighted by atomic mass is 35.5. The number of hydrogen-bond donors (Lipinski definition) is 1. The highest BCUT2D eigenvalue weighted by molar-refractivity contribution is 7.88. The molecule has 0 atom stereocenters. The lowest BCUT2D eigenvalue weighted by Gasteiger charge is -2.30. The molecular formula is C19H19Cl2FN2O3S. The lowest BCUT2D eigenvalue weighted by atomic mass is 9.97. The monoisotopic (exact) mass is 444 g/mol. The topological polar surface area (TPSA) is 66.5 Å². The lowest BCUT2D eigenvalue weighted by molar-refractivity contribution is -0.120. The average Bonchev–Trinajstić information content (AvgIpc) is 2.66. The van der Waals surface area contributed by atoms with Crippen LogP contribution in [0.4, 0.5) is 10.1 Å². The molecule has 5 nitrogen and oxygen atoms in total. The first kappa shape index (κ1) is 21.0. The maximum atomic E-state index is 13.7. The first-order valence-electron chi connectivity index (χ1n) is 8.73. The van der Waals surface area contributed by atoms with Crippen molar-refractivity contribution in [1.82, 2.24) is 4.31 Å². The summed E-state index contributed by atoms with van der Waals surface area (Å²) in [4.78, 5) is 12.4. The molecule has 28 heavy (non-hydrogen) atoms. The third kappa shape index (κ3) is 5.03. The molecule has 1 N–H and O–H groups in total. The van der Waals surface area contributed by atoms with Crippen molar-refractivity contribution in [1.29, 1.82) is 0 Å². The minimum atomic E-state index is -3.54. The predicted octanol–water partition coefficient (Wildman–Crippen LogP) is 4.31. The van der Waals surface area contributed by atoms with E-state index in [1.807, 2.05) is 0 Å². The summed E-state index contributed by atoms with van der Waals surface area (Å²) in [5.41, 5.74) is 0.677. The third-order valence-electron chi connectivity index (χ3n) is 4.68. The van der Waals surface area contributed by atoms with Crippen LogP contribution in [-0.4, -0.2) is 31.7 Å². The van der Waals surface area contributed by atoms with Crippen LogP contribution in [0.25, 0.3) is 0 Å². The number of sulfonamides is 1. The van der Waals surface area contributed by atoms with Crippen LogP contribution < -0.4 is 5.32 Å². The Morgan fingerprint density at radius 1 is 1.11 bits per heavy atom. The van der Waals surface area contributed by atoms with Gasteiger partial charge in [0.25, 0.3) is 0 Å². The number of halogens is 3. The van der Waals surface area contributed by atoms with Gasteiger partial charge >= 0.3 is 0 Å². The fourth-order valence-corrected chi connectivity index (χ4v) is 5.00. The molecule has 2 aromatic rings. The van der Waals surface area contributed by atoms with Gasteiger partial charge in [-0.1, -0.05) is 41.4 Å². The SMILES string of the molecule is O=C(Nc1ccccc1F)C1CCN(S(=O)(=O)Cc2ccc(Cl)c(Cl)c2)CC1. The van der Waals surface area contributed by atoms with E-state index in [1.165, 1.54) is 22.5 Å². The standard InChI is InChI=1S/C19H19Cl2FN2O3S/c20-15-6-5-13(11-16(15)21)12-28(26,27)24-9-7-14(8-10-24)19(25)23-18-4-2-1-3-17(18)22/h1-6,11,14H,7-10,12H2,(H,23,25). The Morgan fingerprint density at radius 3 is 2.43 bits per heavy atom. The Labute approximate surface area is 173 Å². The summed E-state index contributed by atoms with van der Waals surface area (Å²) >= 11 is 11.8. The second-order valence-electron chi connectivity index (χ2n) is 6.65. The van der Waals surface area contributed by atoms with Gasteiger partial charge in [0.15, 0.2) is 0 Å². The Kier molecular flexibility index (Phi) is 6.60. The van der Waals surface area contributed by atoms with Crippen LogP contribution in [0.5, 0.6) is 0 Å². The van der Waals surface area contributed by atoms with E-state index in [4.69, 9.17) is 23.2 Å². The molecule has 3 rings (SSSR count). The number of piperidine rings is 1. The van der Waals surface area contributed by atoms with E-state index in [0.29, 0.717) is 28.5 Å². The van der Waals surface area contributed by atoms with Crippen molar-refractivity contribution in [2.75, 3.05) is 18.4 Å².